The number of fused-ring (bicyclic) bond motifs is 1. The summed E-state index contributed by atoms with van der Waals surface area (Å²) < 4.78 is 37.5. The third kappa shape index (κ3) is 10.4. The summed E-state index contributed by atoms with van der Waals surface area (Å²) in [6, 6.07) is 11.0. The Balaban J connectivity index is -0.000000250. The summed E-state index contributed by atoms with van der Waals surface area (Å²) in [5.41, 5.74) is 4.53. The van der Waals surface area contributed by atoms with Crippen LogP contribution < -0.4 is 0 Å². The van der Waals surface area contributed by atoms with Crippen molar-refractivity contribution in [2.45, 2.75) is 38.4 Å². The van der Waals surface area contributed by atoms with Crippen molar-refractivity contribution >= 4 is 13.8 Å². The van der Waals surface area contributed by atoms with Crippen LogP contribution in [0.15, 0.2) is 46.1 Å². The second kappa shape index (κ2) is 20.8. The van der Waals surface area contributed by atoms with E-state index in [0.717, 1.165) is 13.0 Å². The minimum atomic E-state index is -1.26. The summed E-state index contributed by atoms with van der Waals surface area (Å²) >= 11 is 0. The molecule has 1 aliphatic heterocycles. The van der Waals surface area contributed by atoms with Gasteiger partial charge < -0.3 is 0 Å². The molecular formula is C21H21CrNO5Si. The van der Waals surface area contributed by atoms with Crippen molar-refractivity contribution in [3.63, 3.8) is 0 Å². The van der Waals surface area contributed by atoms with Crippen LogP contribution in [0.1, 0.15) is 24.3 Å². The average molecular weight is 447 g/mol. The standard InChI is InChI=1S/C16H21NSi.5CO.Cr/c1-18(2,3)16-13-9-10-17-15(13)11-14(16)12-7-5-4-6-8-12;5*1-2;/h4-8,14H,9-11H2,1-3H3;;;;;;. The minimum Gasteiger partial charge on any atom is 0 e. The van der Waals surface area contributed by atoms with Crippen molar-refractivity contribution in [1.29, 1.82) is 0 Å². The van der Waals surface area contributed by atoms with Gasteiger partial charge in [0.25, 0.3) is 0 Å². The molecule has 0 bridgehead atoms. The van der Waals surface area contributed by atoms with Crippen LogP contribution in [0.3, 0.4) is 0 Å². The molecule has 8 heteroatoms. The van der Waals surface area contributed by atoms with Gasteiger partial charge in [0.15, 0.2) is 0 Å². The zero-order valence-electron chi connectivity index (χ0n) is 16.5. The second-order valence-electron chi connectivity index (χ2n) is 6.39. The van der Waals surface area contributed by atoms with E-state index in [9.17, 15) is 0 Å². The third-order valence-electron chi connectivity index (χ3n) is 4.09. The fraction of sp³-hybridized carbons (Fsp3) is 0.333. The van der Waals surface area contributed by atoms with Crippen molar-refractivity contribution in [3.8, 4) is 0 Å². The molecule has 1 heterocycles. The van der Waals surface area contributed by atoms with Crippen molar-refractivity contribution in [2.75, 3.05) is 6.54 Å². The SMILES string of the molecule is C[Si](C)(C)C1=C2CCN=C2CC1c1ccccc1.[C-]#[O+].[C-]#[O+].[C-]#[O+].[C-]#[O+].[C-]#[O+].[Cr]. The third-order valence-corrected chi connectivity index (χ3v) is 6.36. The Morgan fingerprint density at radius 1 is 0.828 bits per heavy atom. The predicted molar refractivity (Wildman–Crippen MR) is 101 cm³/mol. The van der Waals surface area contributed by atoms with Crippen molar-refractivity contribution in [1.82, 2.24) is 0 Å². The molecule has 2 aliphatic rings. The topological polar surface area (TPSA) is 112 Å². The number of nitrogens with zero attached hydrogens (tertiary/aromatic N) is 1. The van der Waals surface area contributed by atoms with E-state index >= 15 is 0 Å². The van der Waals surface area contributed by atoms with Gasteiger partial charge in [-0.1, -0.05) is 55.2 Å². The number of benzene rings is 1. The number of aliphatic imine (C=N–C) groups is 1. The Morgan fingerprint density at radius 2 is 1.28 bits per heavy atom. The summed E-state index contributed by atoms with van der Waals surface area (Å²) in [4.78, 5) is 4.72. The van der Waals surface area contributed by atoms with Crippen molar-refractivity contribution in [3.05, 3.63) is 79.9 Å². The molecule has 0 amide bonds. The van der Waals surface area contributed by atoms with E-state index < -0.39 is 8.07 Å². The van der Waals surface area contributed by atoms with Gasteiger partial charge in [-0.15, -0.1) is 0 Å². The summed E-state index contributed by atoms with van der Waals surface area (Å²) in [6.07, 6.45) is 2.34. The Kier molecular flexibility index (Phi) is 24.8. The molecule has 1 atom stereocenters. The maximum atomic E-state index is 7.50. The quantitative estimate of drug-likeness (QED) is 0.371. The molecule has 1 aromatic carbocycles. The molecular weight excluding hydrogens is 426 g/mol. The number of hydrogen-bond donors (Lipinski definition) is 0. The van der Waals surface area contributed by atoms with Crippen molar-refractivity contribution < 1.29 is 40.6 Å². The second-order valence-corrected chi connectivity index (χ2v) is 11.4. The van der Waals surface area contributed by atoms with E-state index in [2.05, 4.69) is 83.2 Å². The van der Waals surface area contributed by atoms with Gasteiger partial charge >= 0.3 is 56.5 Å². The Hall–Kier alpha value is -1.92. The molecule has 29 heavy (non-hydrogen) atoms. The summed E-state index contributed by atoms with van der Waals surface area (Å²) in [5, 5.41) is 1.77. The normalized spacial score (nSPS) is 14.8. The molecule has 1 aromatic rings. The van der Waals surface area contributed by atoms with Gasteiger partial charge in [-0.2, -0.15) is 0 Å². The molecule has 0 saturated carbocycles. The first-order chi connectivity index (χ1) is 13.6. The van der Waals surface area contributed by atoms with Crippen LogP contribution in [0.4, 0.5) is 0 Å². The molecule has 3 rings (SSSR count). The number of hydrogen-bond acceptors (Lipinski definition) is 1. The van der Waals surface area contributed by atoms with Gasteiger partial charge in [-0.3, -0.25) is 4.99 Å². The van der Waals surface area contributed by atoms with E-state index in [0.29, 0.717) is 5.92 Å². The zero-order chi connectivity index (χ0) is 22.8. The molecule has 0 N–H and O–H groups in total. The zero-order valence-corrected chi connectivity index (χ0v) is 18.8. The molecule has 0 saturated heterocycles. The van der Waals surface area contributed by atoms with Gasteiger partial charge in [0.2, 0.25) is 0 Å². The van der Waals surface area contributed by atoms with Gasteiger partial charge in [-0.05, 0) is 24.0 Å². The first-order valence-electron chi connectivity index (χ1n) is 7.91. The van der Waals surface area contributed by atoms with Gasteiger partial charge in [0, 0.05) is 35.5 Å². The fourth-order valence-electron chi connectivity index (χ4n) is 3.47. The Bertz CT molecular complexity index is 705. The van der Waals surface area contributed by atoms with Crippen LogP contribution in [-0.2, 0) is 40.6 Å². The number of rotatable bonds is 2. The maximum absolute atomic E-state index is 7.50. The van der Waals surface area contributed by atoms with E-state index in [1.807, 2.05) is 0 Å². The maximum Gasteiger partial charge on any atom is 0 e. The Morgan fingerprint density at radius 3 is 1.69 bits per heavy atom. The molecule has 150 valence electrons. The summed E-state index contributed by atoms with van der Waals surface area (Å²) in [7, 11) is -1.26. The van der Waals surface area contributed by atoms with E-state index in [4.69, 9.17) is 28.3 Å². The van der Waals surface area contributed by atoms with Crippen LogP contribution in [0.5, 0.6) is 0 Å². The van der Waals surface area contributed by atoms with Gasteiger partial charge in [0.05, 0.1) is 8.07 Å². The van der Waals surface area contributed by atoms with Gasteiger partial charge in [0.1, 0.15) is 0 Å². The van der Waals surface area contributed by atoms with Crippen LogP contribution in [-0.4, -0.2) is 20.3 Å². The summed E-state index contributed by atoms with van der Waals surface area (Å²) in [6.45, 7) is 31.0. The Labute approximate surface area is 184 Å². The van der Waals surface area contributed by atoms with Crippen LogP contribution >= 0.6 is 0 Å². The fourth-order valence-corrected chi connectivity index (χ4v) is 5.96. The smallest absolute Gasteiger partial charge is 0 e. The van der Waals surface area contributed by atoms with Crippen LogP contribution in [0, 0.1) is 33.3 Å². The number of allylic oxidation sites excluding steroid dienone is 1. The van der Waals surface area contributed by atoms with Gasteiger partial charge in [-0.25, -0.2) is 0 Å². The average Bonchev–Trinajstić information content (AvgIpc) is 3.37. The molecule has 6 nitrogen and oxygen atoms in total. The minimum absolute atomic E-state index is 0. The summed E-state index contributed by atoms with van der Waals surface area (Å²) in [5.74, 6) is 0.618. The molecule has 1 aliphatic carbocycles. The predicted octanol–water partition coefficient (Wildman–Crippen LogP) is 4.00. The first kappa shape index (κ1) is 34.6. The van der Waals surface area contributed by atoms with E-state index in [1.165, 1.54) is 17.7 Å². The van der Waals surface area contributed by atoms with Crippen molar-refractivity contribution in [2.24, 2.45) is 4.99 Å². The van der Waals surface area contributed by atoms with E-state index in [1.54, 1.807) is 10.8 Å². The largest absolute Gasteiger partial charge is 0 e. The molecule has 0 aromatic heterocycles. The molecule has 1 unspecified atom stereocenters. The van der Waals surface area contributed by atoms with Crippen LogP contribution in [0.2, 0.25) is 19.6 Å². The van der Waals surface area contributed by atoms with Crippen LogP contribution in [0.25, 0.3) is 0 Å². The molecule has 0 radical (unpaired) electrons. The first-order valence-corrected chi connectivity index (χ1v) is 11.4. The van der Waals surface area contributed by atoms with E-state index in [-0.39, 0.29) is 17.4 Å². The monoisotopic (exact) mass is 447 g/mol. The molecule has 0 spiro atoms. The molecule has 0 fully saturated rings.